The maximum Gasteiger partial charge on any atom is 0.165 e. The van der Waals surface area contributed by atoms with E-state index in [1.54, 1.807) is 16.8 Å². The summed E-state index contributed by atoms with van der Waals surface area (Å²) in [4.78, 5) is 0. The lowest BCUT2D eigenvalue weighted by atomic mass is 10.2. The summed E-state index contributed by atoms with van der Waals surface area (Å²) in [5.41, 5.74) is 1.82. The summed E-state index contributed by atoms with van der Waals surface area (Å²) >= 11 is 3.30. The molecule has 0 bridgehead atoms. The molecule has 0 saturated carbocycles. The van der Waals surface area contributed by atoms with E-state index in [1.165, 1.54) is 6.07 Å². The molecule has 0 amide bonds. The van der Waals surface area contributed by atoms with Crippen LogP contribution in [0.4, 0.5) is 4.39 Å². The first kappa shape index (κ1) is 13.1. The second-order valence-electron chi connectivity index (χ2n) is 4.45. The average molecular weight is 335 g/mol. The fourth-order valence-electron chi connectivity index (χ4n) is 2.13. The van der Waals surface area contributed by atoms with E-state index in [1.807, 2.05) is 31.3 Å². The number of halogens is 2. The lowest BCUT2D eigenvalue weighted by Crippen LogP contribution is -1.99. The van der Waals surface area contributed by atoms with Gasteiger partial charge in [0.25, 0.3) is 0 Å². The van der Waals surface area contributed by atoms with Crippen LogP contribution in [0.15, 0.2) is 46.9 Å². The van der Waals surface area contributed by atoms with Crippen molar-refractivity contribution < 1.29 is 9.13 Å². The van der Waals surface area contributed by atoms with Crippen molar-refractivity contribution in [2.24, 2.45) is 7.05 Å². The summed E-state index contributed by atoms with van der Waals surface area (Å²) in [5.74, 6) is -0.164. The highest BCUT2D eigenvalue weighted by molar-refractivity contribution is 9.10. The number of fused-ring (bicyclic) bond motifs is 1. The summed E-state index contributed by atoms with van der Waals surface area (Å²) in [6.45, 7) is 0.231. The zero-order valence-corrected chi connectivity index (χ0v) is 12.4. The molecule has 5 heteroatoms. The zero-order valence-electron chi connectivity index (χ0n) is 10.8. The lowest BCUT2D eigenvalue weighted by Gasteiger charge is -2.06. The third-order valence-corrected chi connectivity index (χ3v) is 3.59. The topological polar surface area (TPSA) is 27.1 Å². The first-order chi connectivity index (χ1) is 9.65. The van der Waals surface area contributed by atoms with E-state index in [0.717, 1.165) is 21.1 Å². The minimum Gasteiger partial charge on any atom is -0.484 e. The largest absolute Gasteiger partial charge is 0.484 e. The van der Waals surface area contributed by atoms with Gasteiger partial charge in [-0.3, -0.25) is 4.68 Å². The van der Waals surface area contributed by atoms with E-state index in [0.29, 0.717) is 0 Å². The normalized spacial score (nSPS) is 10.9. The third-order valence-electron chi connectivity index (χ3n) is 3.09. The van der Waals surface area contributed by atoms with Crippen molar-refractivity contribution in [3.63, 3.8) is 0 Å². The molecule has 0 aliphatic rings. The molecule has 1 heterocycles. The number of nitrogens with zero attached hydrogens (tertiary/aromatic N) is 2. The Morgan fingerprint density at radius 3 is 2.90 bits per heavy atom. The van der Waals surface area contributed by atoms with Crippen molar-refractivity contribution in [1.29, 1.82) is 0 Å². The van der Waals surface area contributed by atoms with Crippen LogP contribution in [-0.2, 0) is 13.7 Å². The Hall–Kier alpha value is -1.88. The van der Waals surface area contributed by atoms with Gasteiger partial charge in [0.15, 0.2) is 11.6 Å². The second-order valence-corrected chi connectivity index (χ2v) is 5.37. The number of hydrogen-bond donors (Lipinski definition) is 0. The van der Waals surface area contributed by atoms with Crippen molar-refractivity contribution in [1.82, 2.24) is 9.78 Å². The Labute approximate surface area is 124 Å². The van der Waals surface area contributed by atoms with Gasteiger partial charge in [-0.05, 0) is 24.3 Å². The van der Waals surface area contributed by atoms with Gasteiger partial charge in [0, 0.05) is 16.9 Å². The molecule has 0 aliphatic heterocycles. The quantitative estimate of drug-likeness (QED) is 0.722. The summed E-state index contributed by atoms with van der Waals surface area (Å²) in [5, 5.41) is 5.43. The van der Waals surface area contributed by atoms with Crippen LogP contribution in [0.2, 0.25) is 0 Å². The van der Waals surface area contributed by atoms with E-state index in [2.05, 4.69) is 21.0 Å². The van der Waals surface area contributed by atoms with Crippen molar-refractivity contribution >= 4 is 26.8 Å². The molecule has 3 aromatic rings. The smallest absolute Gasteiger partial charge is 0.165 e. The van der Waals surface area contributed by atoms with E-state index in [4.69, 9.17) is 4.74 Å². The van der Waals surface area contributed by atoms with Crippen LogP contribution >= 0.6 is 15.9 Å². The maximum absolute atomic E-state index is 13.6. The Bertz CT molecular complexity index is 770. The molecule has 102 valence electrons. The van der Waals surface area contributed by atoms with Gasteiger partial charge in [0.05, 0.1) is 5.52 Å². The van der Waals surface area contributed by atoms with Gasteiger partial charge in [-0.2, -0.15) is 5.10 Å². The standard InChI is InChI=1S/C15H12BrFN2O/c1-19-14-5-3-2-4-11(14)13(18-19)9-20-15-8-10(16)6-7-12(15)17/h2-8H,9H2,1H3. The minimum absolute atomic E-state index is 0.217. The van der Waals surface area contributed by atoms with Gasteiger partial charge in [-0.15, -0.1) is 0 Å². The summed E-state index contributed by atoms with van der Waals surface area (Å²) < 4.78 is 21.7. The number of aromatic nitrogens is 2. The molecule has 0 saturated heterocycles. The summed E-state index contributed by atoms with van der Waals surface area (Å²) in [7, 11) is 1.88. The lowest BCUT2D eigenvalue weighted by molar-refractivity contribution is 0.286. The van der Waals surface area contributed by atoms with Crippen LogP contribution < -0.4 is 4.74 Å². The molecule has 20 heavy (non-hydrogen) atoms. The Balaban J connectivity index is 1.89. The molecule has 3 nitrogen and oxygen atoms in total. The monoisotopic (exact) mass is 334 g/mol. The fourth-order valence-corrected chi connectivity index (χ4v) is 2.47. The van der Waals surface area contributed by atoms with Gasteiger partial charge in [-0.1, -0.05) is 34.1 Å². The van der Waals surface area contributed by atoms with Crippen molar-refractivity contribution in [3.8, 4) is 5.75 Å². The molecule has 2 aromatic carbocycles. The second kappa shape index (κ2) is 5.25. The van der Waals surface area contributed by atoms with Crippen LogP contribution in [0.1, 0.15) is 5.69 Å². The van der Waals surface area contributed by atoms with Crippen LogP contribution in [-0.4, -0.2) is 9.78 Å². The summed E-state index contributed by atoms with van der Waals surface area (Å²) in [6, 6.07) is 12.5. The highest BCUT2D eigenvalue weighted by Gasteiger charge is 2.10. The molecule has 0 fully saturated rings. The number of ether oxygens (including phenoxy) is 1. The first-order valence-electron chi connectivity index (χ1n) is 6.13. The maximum atomic E-state index is 13.6. The number of rotatable bonds is 3. The predicted molar refractivity (Wildman–Crippen MR) is 79.1 cm³/mol. The van der Waals surface area contributed by atoms with Crippen molar-refractivity contribution in [2.75, 3.05) is 0 Å². The molecule has 0 aliphatic carbocycles. The molecular formula is C15H12BrFN2O. The third kappa shape index (κ3) is 2.41. The molecule has 0 N–H and O–H groups in total. The fraction of sp³-hybridized carbons (Fsp3) is 0.133. The first-order valence-corrected chi connectivity index (χ1v) is 6.93. The highest BCUT2D eigenvalue weighted by atomic mass is 79.9. The summed E-state index contributed by atoms with van der Waals surface area (Å²) in [6.07, 6.45) is 0. The Morgan fingerprint density at radius 2 is 2.05 bits per heavy atom. The molecule has 0 radical (unpaired) electrons. The van der Waals surface area contributed by atoms with Gasteiger partial charge in [-0.25, -0.2) is 4.39 Å². The number of benzene rings is 2. The Morgan fingerprint density at radius 1 is 1.25 bits per heavy atom. The number of aryl methyl sites for hydroxylation is 1. The van der Waals surface area contributed by atoms with Crippen LogP contribution in [0.5, 0.6) is 5.75 Å². The molecule has 0 spiro atoms. The molecule has 0 atom stereocenters. The van der Waals surface area contributed by atoms with E-state index >= 15 is 0 Å². The number of para-hydroxylation sites is 1. The van der Waals surface area contributed by atoms with E-state index < -0.39 is 0 Å². The average Bonchev–Trinajstić information content (AvgIpc) is 2.77. The van der Waals surface area contributed by atoms with Gasteiger partial charge in [0.1, 0.15) is 12.3 Å². The van der Waals surface area contributed by atoms with Crippen molar-refractivity contribution in [3.05, 3.63) is 58.4 Å². The molecule has 1 aromatic heterocycles. The van der Waals surface area contributed by atoms with E-state index in [9.17, 15) is 4.39 Å². The van der Waals surface area contributed by atoms with Crippen LogP contribution in [0.3, 0.4) is 0 Å². The molecular weight excluding hydrogens is 323 g/mol. The van der Waals surface area contributed by atoms with Crippen LogP contribution in [0.25, 0.3) is 10.9 Å². The van der Waals surface area contributed by atoms with E-state index in [-0.39, 0.29) is 18.2 Å². The predicted octanol–water partition coefficient (Wildman–Crippen LogP) is 4.05. The zero-order chi connectivity index (χ0) is 14.1. The Kier molecular flexibility index (Phi) is 3.44. The van der Waals surface area contributed by atoms with Crippen LogP contribution in [0, 0.1) is 5.82 Å². The minimum atomic E-state index is -0.381. The molecule has 3 rings (SSSR count). The number of hydrogen-bond acceptors (Lipinski definition) is 2. The van der Waals surface area contributed by atoms with Gasteiger partial charge < -0.3 is 4.74 Å². The van der Waals surface area contributed by atoms with Gasteiger partial charge >= 0.3 is 0 Å². The van der Waals surface area contributed by atoms with Gasteiger partial charge in [0.2, 0.25) is 0 Å². The highest BCUT2D eigenvalue weighted by Crippen LogP contribution is 2.24. The molecule has 0 unspecified atom stereocenters. The van der Waals surface area contributed by atoms with Crippen molar-refractivity contribution in [2.45, 2.75) is 6.61 Å². The SMILES string of the molecule is Cn1nc(COc2cc(Br)ccc2F)c2ccccc21.